The van der Waals surface area contributed by atoms with Gasteiger partial charge in [0.05, 0.1) is 24.5 Å². The van der Waals surface area contributed by atoms with Gasteiger partial charge in [-0.1, -0.05) is 12.2 Å². The summed E-state index contributed by atoms with van der Waals surface area (Å²) in [7, 11) is 0. The second-order valence-corrected chi connectivity index (χ2v) is 6.63. The largest absolute Gasteiger partial charge is 0.489 e. The van der Waals surface area contributed by atoms with Gasteiger partial charge < -0.3 is 14.8 Å². The first kappa shape index (κ1) is 18.2. The van der Waals surface area contributed by atoms with Crippen molar-refractivity contribution in [3.05, 3.63) is 66.4 Å². The van der Waals surface area contributed by atoms with Crippen molar-refractivity contribution >= 4 is 5.95 Å². The molecule has 1 N–H and O–H groups in total. The lowest BCUT2D eigenvalue weighted by atomic mass is 10.1. The first-order chi connectivity index (χ1) is 13.8. The van der Waals surface area contributed by atoms with Gasteiger partial charge in [0, 0.05) is 30.3 Å². The van der Waals surface area contributed by atoms with Crippen molar-refractivity contribution in [1.29, 1.82) is 5.26 Å². The van der Waals surface area contributed by atoms with Gasteiger partial charge in [-0.15, -0.1) is 0 Å². The summed E-state index contributed by atoms with van der Waals surface area (Å²) in [5, 5.41) is 12.8. The molecule has 0 amide bonds. The van der Waals surface area contributed by atoms with E-state index in [2.05, 4.69) is 33.9 Å². The second kappa shape index (κ2) is 8.68. The van der Waals surface area contributed by atoms with E-state index < -0.39 is 0 Å². The van der Waals surface area contributed by atoms with Gasteiger partial charge in [0.15, 0.2) is 0 Å². The van der Waals surface area contributed by atoms with Crippen molar-refractivity contribution < 1.29 is 9.47 Å². The van der Waals surface area contributed by atoms with Gasteiger partial charge in [0.2, 0.25) is 5.95 Å². The van der Waals surface area contributed by atoms with Crippen LogP contribution in [-0.2, 0) is 4.74 Å². The third kappa shape index (κ3) is 4.38. The topological polar surface area (TPSA) is 80.1 Å². The highest BCUT2D eigenvalue weighted by molar-refractivity contribution is 5.65. The summed E-state index contributed by atoms with van der Waals surface area (Å²) in [5.74, 6) is 1.13. The van der Waals surface area contributed by atoms with Gasteiger partial charge in [-0.2, -0.15) is 5.26 Å². The summed E-state index contributed by atoms with van der Waals surface area (Å²) < 4.78 is 11.4. The van der Waals surface area contributed by atoms with E-state index in [1.54, 1.807) is 6.20 Å². The summed E-state index contributed by atoms with van der Waals surface area (Å²) in [6.45, 7) is 1.40. The van der Waals surface area contributed by atoms with E-state index in [-0.39, 0.29) is 6.10 Å². The van der Waals surface area contributed by atoms with E-state index in [4.69, 9.17) is 9.47 Å². The molecule has 1 fully saturated rings. The first-order valence-electron chi connectivity index (χ1n) is 9.41. The highest BCUT2D eigenvalue weighted by Crippen LogP contribution is 2.28. The van der Waals surface area contributed by atoms with Crippen LogP contribution in [-0.4, -0.2) is 29.3 Å². The number of rotatable bonds is 5. The number of hydrogen-bond donors (Lipinski definition) is 1. The number of nitrogens with one attached hydrogen (secondary N) is 1. The zero-order chi connectivity index (χ0) is 19.2. The van der Waals surface area contributed by atoms with Crippen LogP contribution in [0.5, 0.6) is 5.75 Å². The molecule has 1 aromatic carbocycles. The molecule has 1 radical (unpaired) electrons. The molecule has 0 spiro atoms. The minimum atomic E-state index is 0.0932. The van der Waals surface area contributed by atoms with Gasteiger partial charge >= 0.3 is 0 Å². The second-order valence-electron chi connectivity index (χ2n) is 6.63. The molecule has 2 aliphatic rings. The number of anilines is 1. The maximum Gasteiger partial charge on any atom is 0.227 e. The molecular weight excluding hydrogens is 352 g/mol. The molecule has 0 saturated carbocycles. The van der Waals surface area contributed by atoms with Gasteiger partial charge in [-0.3, -0.25) is 0 Å². The van der Waals surface area contributed by atoms with Gasteiger partial charge in [-0.25, -0.2) is 9.97 Å². The van der Waals surface area contributed by atoms with Crippen molar-refractivity contribution in [2.24, 2.45) is 0 Å². The molecule has 2 heterocycles. The Labute approximate surface area is 164 Å². The zero-order valence-electron chi connectivity index (χ0n) is 15.5. The Morgan fingerprint density at radius 3 is 2.89 bits per heavy atom. The molecule has 0 bridgehead atoms. The number of allylic oxidation sites excluding steroid dienone is 3. The van der Waals surface area contributed by atoms with Gasteiger partial charge in [-0.05, 0) is 43.2 Å². The minimum absolute atomic E-state index is 0.0932. The highest BCUT2D eigenvalue weighted by atomic mass is 16.5. The van der Waals surface area contributed by atoms with Crippen LogP contribution < -0.4 is 10.1 Å². The summed E-state index contributed by atoms with van der Waals surface area (Å²) in [4.78, 5) is 8.87. The van der Waals surface area contributed by atoms with Crippen molar-refractivity contribution in [2.75, 3.05) is 18.5 Å². The monoisotopic (exact) mass is 373 g/mol. The fraction of sp³-hybridized carbons (Fsp3) is 0.273. The smallest absolute Gasteiger partial charge is 0.227 e. The van der Waals surface area contributed by atoms with Crippen LogP contribution in [0.3, 0.4) is 0 Å². The highest BCUT2D eigenvalue weighted by Gasteiger charge is 2.17. The summed E-state index contributed by atoms with van der Waals surface area (Å²) >= 11 is 0. The van der Waals surface area contributed by atoms with E-state index in [1.807, 2.05) is 36.4 Å². The Hall–Kier alpha value is -3.17. The lowest BCUT2D eigenvalue weighted by Crippen LogP contribution is -2.26. The van der Waals surface area contributed by atoms with Crippen molar-refractivity contribution in [3.8, 4) is 23.1 Å². The maximum absolute atomic E-state index is 9.57. The molecule has 1 saturated heterocycles. The van der Waals surface area contributed by atoms with Crippen LogP contribution >= 0.6 is 0 Å². The normalized spacial score (nSPS) is 16.9. The average Bonchev–Trinajstić information content (AvgIpc) is 2.76. The average molecular weight is 373 g/mol. The fourth-order valence-electron chi connectivity index (χ4n) is 3.17. The molecular formula is C22H21N4O2. The summed E-state index contributed by atoms with van der Waals surface area (Å²) in [6, 6.07) is 9.66. The number of ether oxygens (including phenoxy) is 2. The predicted octanol–water partition coefficient (Wildman–Crippen LogP) is 4.03. The third-order valence-corrected chi connectivity index (χ3v) is 4.66. The van der Waals surface area contributed by atoms with Crippen LogP contribution in [0.25, 0.3) is 11.3 Å². The molecule has 2 aromatic rings. The van der Waals surface area contributed by atoms with Crippen LogP contribution in [0.4, 0.5) is 5.95 Å². The Kier molecular flexibility index (Phi) is 5.64. The number of benzene rings is 1. The fourth-order valence-corrected chi connectivity index (χ4v) is 3.17. The van der Waals surface area contributed by atoms with Crippen molar-refractivity contribution in [2.45, 2.75) is 25.4 Å². The molecule has 6 heteroatoms. The molecule has 0 atom stereocenters. The van der Waals surface area contributed by atoms with E-state index in [0.717, 1.165) is 36.2 Å². The number of nitriles is 1. The Morgan fingerprint density at radius 1 is 1.21 bits per heavy atom. The number of nitrogens with zero attached hydrogens (tertiary/aromatic N) is 3. The van der Waals surface area contributed by atoms with Crippen molar-refractivity contribution in [1.82, 2.24) is 9.97 Å². The van der Waals surface area contributed by atoms with E-state index in [1.165, 1.54) is 0 Å². The van der Waals surface area contributed by atoms with Crippen LogP contribution in [0.2, 0.25) is 0 Å². The SMILES string of the molecule is N#Cc1cc(-c2ccnc(NC3=CC[CH]C=C3)n2)ccc1OC1CCOCC1. The quantitative estimate of drug-likeness (QED) is 0.852. The van der Waals surface area contributed by atoms with Crippen LogP contribution in [0.15, 0.2) is 54.4 Å². The van der Waals surface area contributed by atoms with Crippen LogP contribution in [0, 0.1) is 17.8 Å². The number of aromatic nitrogens is 2. The molecule has 141 valence electrons. The number of hydrogen-bond acceptors (Lipinski definition) is 6. The van der Waals surface area contributed by atoms with E-state index in [9.17, 15) is 5.26 Å². The zero-order valence-corrected chi connectivity index (χ0v) is 15.5. The molecule has 1 aliphatic carbocycles. The van der Waals surface area contributed by atoms with Crippen molar-refractivity contribution in [3.63, 3.8) is 0 Å². The molecule has 4 rings (SSSR count). The Morgan fingerprint density at radius 2 is 2.11 bits per heavy atom. The van der Waals surface area contributed by atoms with Crippen LogP contribution in [0.1, 0.15) is 24.8 Å². The summed E-state index contributed by atoms with van der Waals surface area (Å²) in [6.07, 6.45) is 12.5. The Bertz CT molecular complexity index is 940. The standard InChI is InChI=1S/C22H21N4O2/c23-15-17-14-16(6-7-21(17)28-19-9-12-27-13-10-19)20-8-11-24-22(26-20)25-18-4-2-1-3-5-18/h1-2,4-8,11,14,19H,3,9-10,12-13H2,(H,24,25,26). The van der Waals surface area contributed by atoms with E-state index in [0.29, 0.717) is 30.5 Å². The molecule has 1 aliphatic heterocycles. The third-order valence-electron chi connectivity index (χ3n) is 4.66. The van der Waals surface area contributed by atoms with Gasteiger partial charge in [0.1, 0.15) is 17.9 Å². The first-order valence-corrected chi connectivity index (χ1v) is 9.41. The molecule has 1 aromatic heterocycles. The molecule has 28 heavy (non-hydrogen) atoms. The lowest BCUT2D eigenvalue weighted by Gasteiger charge is -2.23. The van der Waals surface area contributed by atoms with Gasteiger partial charge in [0.25, 0.3) is 0 Å². The minimum Gasteiger partial charge on any atom is -0.489 e. The lowest BCUT2D eigenvalue weighted by molar-refractivity contribution is 0.0254. The Balaban J connectivity index is 1.54. The molecule has 6 nitrogen and oxygen atoms in total. The van der Waals surface area contributed by atoms with E-state index >= 15 is 0 Å². The molecule has 0 unspecified atom stereocenters. The summed E-state index contributed by atoms with van der Waals surface area (Å²) in [5.41, 5.74) is 3.07. The predicted molar refractivity (Wildman–Crippen MR) is 106 cm³/mol. The maximum atomic E-state index is 9.57.